The fraction of sp³-hybridized carbons (Fsp3) is 0.545. The summed E-state index contributed by atoms with van der Waals surface area (Å²) in [7, 11) is 1.88. The summed E-state index contributed by atoms with van der Waals surface area (Å²) in [5.41, 5.74) is 0.545. The normalized spacial score (nSPS) is 20.3. The van der Waals surface area contributed by atoms with E-state index >= 15 is 0 Å². The van der Waals surface area contributed by atoms with Gasteiger partial charge >= 0.3 is 6.18 Å². The molecule has 0 bridgehead atoms. The number of benzene rings is 1. The van der Waals surface area contributed by atoms with Gasteiger partial charge < -0.3 is 10.1 Å². The van der Waals surface area contributed by atoms with Crippen molar-refractivity contribution >= 4 is 0 Å². The minimum absolute atomic E-state index is 0.114. The number of nitrogens with zero attached hydrogens (tertiary/aromatic N) is 6. The van der Waals surface area contributed by atoms with E-state index in [9.17, 15) is 13.2 Å². The molecule has 3 atom stereocenters. The zero-order valence-corrected chi connectivity index (χ0v) is 19.0. The molecule has 2 aromatic heterocycles. The monoisotopic (exact) mass is 463 g/mol. The van der Waals surface area contributed by atoms with Crippen LogP contribution in [0.3, 0.4) is 0 Å². The van der Waals surface area contributed by atoms with Crippen LogP contribution in [0.1, 0.15) is 62.0 Å². The molecule has 11 heteroatoms. The van der Waals surface area contributed by atoms with Crippen molar-refractivity contribution in [1.82, 2.24) is 35.3 Å². The zero-order valence-electron chi connectivity index (χ0n) is 19.0. The Morgan fingerprint density at radius 2 is 1.88 bits per heavy atom. The smallest absolute Gasteiger partial charge is 0.372 e. The SMILES string of the molecule is Cn1nccc1[C@@H]1OCC[C@H]1CNC(c1ccc(C(F)(F)F)cc1)c1nnnn1C(C)(C)C. The highest BCUT2D eigenvalue weighted by Crippen LogP contribution is 2.35. The Balaban J connectivity index is 1.62. The fourth-order valence-electron chi connectivity index (χ4n) is 4.18. The minimum atomic E-state index is -4.40. The molecule has 1 unspecified atom stereocenters. The third-order valence-electron chi connectivity index (χ3n) is 5.91. The van der Waals surface area contributed by atoms with Crippen LogP contribution in [0.15, 0.2) is 36.5 Å². The number of nitrogens with one attached hydrogen (secondary N) is 1. The number of alkyl halides is 3. The molecule has 0 saturated carbocycles. The minimum Gasteiger partial charge on any atom is -0.372 e. The number of rotatable bonds is 6. The van der Waals surface area contributed by atoms with Crippen molar-refractivity contribution < 1.29 is 17.9 Å². The highest BCUT2D eigenvalue weighted by molar-refractivity contribution is 5.30. The Labute approximate surface area is 190 Å². The molecule has 0 radical (unpaired) electrons. The quantitative estimate of drug-likeness (QED) is 0.601. The van der Waals surface area contributed by atoms with Gasteiger partial charge in [-0.1, -0.05) is 12.1 Å². The molecule has 1 aliphatic heterocycles. The van der Waals surface area contributed by atoms with E-state index in [2.05, 4.69) is 25.9 Å². The van der Waals surface area contributed by atoms with Crippen LogP contribution in [0.2, 0.25) is 0 Å². The number of aryl methyl sites for hydroxylation is 1. The van der Waals surface area contributed by atoms with Crippen LogP contribution in [0.5, 0.6) is 0 Å². The van der Waals surface area contributed by atoms with E-state index in [1.165, 1.54) is 12.1 Å². The zero-order chi connectivity index (χ0) is 23.8. The molecule has 33 heavy (non-hydrogen) atoms. The van der Waals surface area contributed by atoms with Crippen LogP contribution in [-0.4, -0.2) is 43.1 Å². The maximum atomic E-state index is 13.1. The van der Waals surface area contributed by atoms with Crippen LogP contribution in [0.4, 0.5) is 13.2 Å². The van der Waals surface area contributed by atoms with Gasteiger partial charge in [0, 0.05) is 32.3 Å². The summed E-state index contributed by atoms with van der Waals surface area (Å²) in [5.74, 6) is 0.703. The van der Waals surface area contributed by atoms with E-state index in [1.54, 1.807) is 15.6 Å². The number of ether oxygens (including phenoxy) is 1. The molecule has 1 fully saturated rings. The van der Waals surface area contributed by atoms with Crippen molar-refractivity contribution in [2.24, 2.45) is 13.0 Å². The molecule has 178 valence electrons. The molecule has 3 aromatic rings. The lowest BCUT2D eigenvalue weighted by Crippen LogP contribution is -2.35. The average molecular weight is 464 g/mol. The second kappa shape index (κ2) is 8.86. The molecule has 1 aromatic carbocycles. The summed E-state index contributed by atoms with van der Waals surface area (Å²) < 4.78 is 48.8. The lowest BCUT2D eigenvalue weighted by atomic mass is 9.97. The first-order valence-electron chi connectivity index (χ1n) is 10.8. The fourth-order valence-corrected chi connectivity index (χ4v) is 4.18. The van der Waals surface area contributed by atoms with Gasteiger partial charge in [-0.15, -0.1) is 5.10 Å². The number of hydrogen-bond donors (Lipinski definition) is 1. The van der Waals surface area contributed by atoms with Crippen LogP contribution in [0, 0.1) is 5.92 Å². The van der Waals surface area contributed by atoms with Crippen LogP contribution in [0.25, 0.3) is 0 Å². The molecule has 0 spiro atoms. The Bertz CT molecular complexity index is 1070. The Morgan fingerprint density at radius 3 is 2.48 bits per heavy atom. The number of halogens is 3. The second-order valence-electron chi connectivity index (χ2n) is 9.30. The van der Waals surface area contributed by atoms with E-state index in [0.717, 1.165) is 24.2 Å². The molecule has 4 rings (SSSR count). The molecule has 1 N–H and O–H groups in total. The van der Waals surface area contributed by atoms with Crippen molar-refractivity contribution in [2.75, 3.05) is 13.2 Å². The van der Waals surface area contributed by atoms with Gasteiger partial charge in [0.15, 0.2) is 5.82 Å². The third-order valence-corrected chi connectivity index (χ3v) is 5.91. The molecule has 3 heterocycles. The van der Waals surface area contributed by atoms with Gasteiger partial charge in [0.25, 0.3) is 0 Å². The van der Waals surface area contributed by atoms with Gasteiger partial charge in [0.2, 0.25) is 0 Å². The molecular formula is C22H28F3N7O. The summed E-state index contributed by atoms with van der Waals surface area (Å²) in [6.07, 6.45) is -1.92. The lowest BCUT2D eigenvalue weighted by Gasteiger charge is -2.27. The van der Waals surface area contributed by atoms with Crippen molar-refractivity contribution in [3.05, 3.63) is 59.2 Å². The molecule has 1 saturated heterocycles. The van der Waals surface area contributed by atoms with E-state index in [4.69, 9.17) is 4.74 Å². The van der Waals surface area contributed by atoms with Crippen molar-refractivity contribution in [2.45, 2.75) is 51.1 Å². The first-order chi connectivity index (χ1) is 15.6. The topological polar surface area (TPSA) is 82.7 Å². The van der Waals surface area contributed by atoms with Crippen molar-refractivity contribution in [3.63, 3.8) is 0 Å². The Morgan fingerprint density at radius 1 is 1.15 bits per heavy atom. The summed E-state index contributed by atoms with van der Waals surface area (Å²) in [6, 6.07) is 6.59. The van der Waals surface area contributed by atoms with E-state index in [1.807, 2.05) is 33.9 Å². The predicted octanol–water partition coefficient (Wildman–Crippen LogP) is 3.64. The number of tetrazole rings is 1. The second-order valence-corrected chi connectivity index (χ2v) is 9.30. The highest BCUT2D eigenvalue weighted by Gasteiger charge is 2.34. The maximum Gasteiger partial charge on any atom is 0.416 e. The first-order valence-corrected chi connectivity index (χ1v) is 10.8. The summed E-state index contributed by atoms with van der Waals surface area (Å²) in [4.78, 5) is 0. The van der Waals surface area contributed by atoms with Gasteiger partial charge in [-0.2, -0.15) is 18.3 Å². The molecule has 0 aliphatic carbocycles. The highest BCUT2D eigenvalue weighted by atomic mass is 19.4. The summed E-state index contributed by atoms with van der Waals surface area (Å²) in [5, 5.41) is 20.0. The van der Waals surface area contributed by atoms with Gasteiger partial charge in [0.05, 0.1) is 22.8 Å². The molecular weight excluding hydrogens is 435 g/mol. The largest absolute Gasteiger partial charge is 0.416 e. The summed E-state index contributed by atoms with van der Waals surface area (Å²) in [6.45, 7) is 7.12. The van der Waals surface area contributed by atoms with Crippen LogP contribution in [-0.2, 0) is 23.5 Å². The van der Waals surface area contributed by atoms with E-state index < -0.39 is 23.3 Å². The van der Waals surface area contributed by atoms with Crippen molar-refractivity contribution in [3.8, 4) is 0 Å². The number of aromatic nitrogens is 6. The first kappa shape index (κ1) is 23.4. The van der Waals surface area contributed by atoms with Gasteiger partial charge in [-0.05, 0) is 61.4 Å². The number of hydrogen-bond acceptors (Lipinski definition) is 6. The van der Waals surface area contributed by atoms with E-state index in [-0.39, 0.29) is 12.0 Å². The van der Waals surface area contributed by atoms with Gasteiger partial charge in [0.1, 0.15) is 6.10 Å². The Hall–Kier alpha value is -2.79. The third kappa shape index (κ3) is 4.93. The molecule has 0 amide bonds. The Kier molecular flexibility index (Phi) is 6.28. The molecule has 1 aliphatic rings. The van der Waals surface area contributed by atoms with Crippen molar-refractivity contribution in [1.29, 1.82) is 0 Å². The van der Waals surface area contributed by atoms with Gasteiger partial charge in [-0.3, -0.25) is 4.68 Å². The predicted molar refractivity (Wildman–Crippen MR) is 114 cm³/mol. The maximum absolute atomic E-state index is 13.1. The standard InChI is InChI=1S/C22H28F3N7O/c1-21(2,3)32-20(28-29-30-32)18(14-5-7-16(8-6-14)22(23,24)25)26-13-15-10-12-33-19(15)17-9-11-27-31(17)4/h5-9,11,15,18-19,26H,10,12-13H2,1-4H3/t15-,18?,19+/m0/s1. The average Bonchev–Trinajstić information content (AvgIpc) is 3.48. The molecule has 8 nitrogen and oxygen atoms in total. The van der Waals surface area contributed by atoms with Gasteiger partial charge in [-0.25, -0.2) is 4.68 Å². The summed E-state index contributed by atoms with van der Waals surface area (Å²) >= 11 is 0. The van der Waals surface area contributed by atoms with E-state index in [0.29, 0.717) is 24.5 Å². The van der Waals surface area contributed by atoms with Crippen LogP contribution < -0.4 is 5.32 Å². The van der Waals surface area contributed by atoms with Crippen LogP contribution >= 0.6 is 0 Å². The lowest BCUT2D eigenvalue weighted by molar-refractivity contribution is -0.137.